The van der Waals surface area contributed by atoms with Crippen LogP contribution in [0.1, 0.15) is 43.6 Å². The fourth-order valence-corrected chi connectivity index (χ4v) is 4.39. The van der Waals surface area contributed by atoms with Gasteiger partial charge in [0.15, 0.2) is 0 Å². The van der Waals surface area contributed by atoms with E-state index in [2.05, 4.69) is 0 Å². The molecule has 3 aromatic rings. The Morgan fingerprint density at radius 1 is 0.561 bits per heavy atom. The molecule has 0 bridgehead atoms. The zero-order valence-corrected chi connectivity index (χ0v) is 22.9. The summed E-state index contributed by atoms with van der Waals surface area (Å²) in [6, 6.07) is 19.6. The van der Waals surface area contributed by atoms with Crippen LogP contribution in [0.3, 0.4) is 0 Å². The van der Waals surface area contributed by atoms with E-state index in [1.807, 2.05) is 0 Å². The van der Waals surface area contributed by atoms with Gasteiger partial charge in [-0.25, -0.2) is 14.6 Å². The highest BCUT2D eigenvalue weighted by molar-refractivity contribution is 6.33. The average Bonchev–Trinajstić information content (AvgIpc) is 3.30. The van der Waals surface area contributed by atoms with Crippen molar-refractivity contribution in [2.45, 2.75) is 34.3 Å². The highest BCUT2D eigenvalue weighted by Crippen LogP contribution is 2.29. The van der Waals surface area contributed by atoms with Crippen molar-refractivity contribution in [1.82, 2.24) is 0 Å². The van der Waals surface area contributed by atoms with E-state index in [1.165, 1.54) is 24.3 Å². The fraction of sp³-hybridized carbons (Fsp3) is 0.156. The Labute approximate surface area is 236 Å². The van der Waals surface area contributed by atoms with Gasteiger partial charge in [-0.15, -0.1) is 0 Å². The first-order valence-corrected chi connectivity index (χ1v) is 12.8. The van der Waals surface area contributed by atoms with Crippen LogP contribution in [0.15, 0.2) is 95.1 Å². The highest BCUT2D eigenvalue weighted by atomic mass is 16.5. The quantitative estimate of drug-likeness (QED) is 0.234. The van der Waals surface area contributed by atoms with Crippen LogP contribution in [0.5, 0.6) is 11.5 Å². The maximum absolute atomic E-state index is 12.6. The molecule has 3 aromatic carbocycles. The number of hydrogen-bond acceptors (Lipinski definition) is 7. The van der Waals surface area contributed by atoms with E-state index in [-0.39, 0.29) is 35.8 Å². The summed E-state index contributed by atoms with van der Waals surface area (Å²) in [5.41, 5.74) is 3.68. The highest BCUT2D eigenvalue weighted by Gasteiger charge is 2.35. The molecule has 2 aliphatic rings. The molecular weight excluding hydrogens is 524 g/mol. The van der Waals surface area contributed by atoms with Crippen LogP contribution in [0, 0.1) is 0 Å². The largest absolute Gasteiger partial charge is 0.489 e. The first-order chi connectivity index (χ1) is 19.6. The van der Waals surface area contributed by atoms with Crippen molar-refractivity contribution in [3.63, 3.8) is 0 Å². The Hall–Kier alpha value is -5.31. The van der Waals surface area contributed by atoms with Crippen LogP contribution in [0.25, 0.3) is 0 Å². The number of nitrogens with zero attached hydrogens (tertiary/aromatic N) is 2. The standard InChI is InChI=1S/C32H26N2O7/c1-18-19(2)29(36)33(28(18)35)24-9-5-22(6-10-24)17-40-26-13-15-27(16-14-26)41-32(39)23-7-11-25(12-8-23)34-30(37)20(3)21(4)31(34)38/h5-16H,17H2,1-4H3. The van der Waals surface area contributed by atoms with Gasteiger partial charge in [-0.05, 0) is 93.9 Å². The minimum atomic E-state index is -0.592. The Bertz CT molecular complexity index is 1620. The number of anilines is 2. The van der Waals surface area contributed by atoms with Crippen molar-refractivity contribution >= 4 is 41.0 Å². The van der Waals surface area contributed by atoms with E-state index in [9.17, 15) is 24.0 Å². The first-order valence-electron chi connectivity index (χ1n) is 12.8. The normalized spacial score (nSPS) is 15.4. The van der Waals surface area contributed by atoms with Crippen LogP contribution < -0.4 is 19.3 Å². The lowest BCUT2D eigenvalue weighted by Gasteiger charge is -2.15. The third-order valence-corrected chi connectivity index (χ3v) is 7.22. The molecule has 9 nitrogen and oxygen atoms in total. The molecule has 5 rings (SSSR count). The van der Waals surface area contributed by atoms with Crippen molar-refractivity contribution in [1.29, 1.82) is 0 Å². The molecule has 4 amide bonds. The van der Waals surface area contributed by atoms with Crippen LogP contribution in [0.4, 0.5) is 11.4 Å². The smallest absolute Gasteiger partial charge is 0.343 e. The van der Waals surface area contributed by atoms with Crippen molar-refractivity contribution in [2.75, 3.05) is 9.80 Å². The van der Waals surface area contributed by atoms with E-state index in [4.69, 9.17) is 9.47 Å². The summed E-state index contributed by atoms with van der Waals surface area (Å²) in [7, 11) is 0. The van der Waals surface area contributed by atoms with E-state index in [0.717, 1.165) is 15.4 Å². The minimum Gasteiger partial charge on any atom is -0.489 e. The van der Waals surface area contributed by atoms with Gasteiger partial charge in [0, 0.05) is 22.3 Å². The van der Waals surface area contributed by atoms with E-state index >= 15 is 0 Å². The van der Waals surface area contributed by atoms with Crippen molar-refractivity contribution < 1.29 is 33.4 Å². The number of carbonyl (C=O) groups is 5. The second-order valence-corrected chi connectivity index (χ2v) is 9.75. The van der Waals surface area contributed by atoms with Gasteiger partial charge in [-0.1, -0.05) is 12.1 Å². The SMILES string of the molecule is CC1=C(C)C(=O)N(c2ccc(COc3ccc(OC(=O)c4ccc(N5C(=O)C(C)=C(C)C5=O)cc4)cc3)cc2)C1=O. The molecule has 2 aliphatic heterocycles. The molecule has 41 heavy (non-hydrogen) atoms. The topological polar surface area (TPSA) is 110 Å². The molecule has 0 spiro atoms. The number of amides is 4. The van der Waals surface area contributed by atoms with Gasteiger partial charge in [0.2, 0.25) is 0 Å². The molecule has 0 atom stereocenters. The molecule has 0 unspecified atom stereocenters. The van der Waals surface area contributed by atoms with Crippen molar-refractivity contribution in [3.05, 3.63) is 106 Å². The number of hydrogen-bond donors (Lipinski definition) is 0. The first kappa shape index (κ1) is 27.3. The summed E-state index contributed by atoms with van der Waals surface area (Å²) >= 11 is 0. The predicted octanol–water partition coefficient (Wildman–Crippen LogP) is 4.90. The van der Waals surface area contributed by atoms with E-state index < -0.39 is 5.97 Å². The van der Waals surface area contributed by atoms with Crippen LogP contribution in [-0.2, 0) is 25.8 Å². The Morgan fingerprint density at radius 3 is 1.39 bits per heavy atom. The summed E-state index contributed by atoms with van der Waals surface area (Å²) < 4.78 is 11.3. The molecule has 206 valence electrons. The van der Waals surface area contributed by atoms with Gasteiger partial charge in [0.25, 0.3) is 23.6 Å². The van der Waals surface area contributed by atoms with Gasteiger partial charge >= 0.3 is 5.97 Å². The van der Waals surface area contributed by atoms with Crippen LogP contribution >= 0.6 is 0 Å². The zero-order chi connectivity index (χ0) is 29.4. The molecule has 2 heterocycles. The monoisotopic (exact) mass is 550 g/mol. The number of benzene rings is 3. The van der Waals surface area contributed by atoms with Crippen LogP contribution in [-0.4, -0.2) is 29.6 Å². The molecule has 0 N–H and O–H groups in total. The Kier molecular flexibility index (Phi) is 7.11. The molecule has 0 aliphatic carbocycles. The summed E-state index contributed by atoms with van der Waals surface area (Å²) in [5.74, 6) is -1.10. The number of imide groups is 2. The van der Waals surface area contributed by atoms with E-state index in [1.54, 1.807) is 76.2 Å². The number of carbonyl (C=O) groups excluding carboxylic acids is 5. The Balaban J connectivity index is 1.15. The number of esters is 1. The van der Waals surface area contributed by atoms with Crippen LogP contribution in [0.2, 0.25) is 0 Å². The second-order valence-electron chi connectivity index (χ2n) is 9.75. The summed E-state index contributed by atoms with van der Waals surface area (Å²) in [6.07, 6.45) is 0. The summed E-state index contributed by atoms with van der Waals surface area (Å²) in [6.45, 7) is 6.75. The summed E-state index contributed by atoms with van der Waals surface area (Å²) in [5, 5.41) is 0. The Morgan fingerprint density at radius 2 is 0.951 bits per heavy atom. The van der Waals surface area contributed by atoms with E-state index in [0.29, 0.717) is 45.2 Å². The minimum absolute atomic E-state index is 0.251. The molecule has 0 radical (unpaired) electrons. The van der Waals surface area contributed by atoms with Gasteiger partial charge < -0.3 is 9.47 Å². The van der Waals surface area contributed by atoms with Gasteiger partial charge in [-0.3, -0.25) is 19.2 Å². The zero-order valence-electron chi connectivity index (χ0n) is 22.9. The molecular formula is C32H26N2O7. The fourth-order valence-electron chi connectivity index (χ4n) is 4.39. The van der Waals surface area contributed by atoms with Gasteiger partial charge in [0.1, 0.15) is 18.1 Å². The molecule has 0 saturated carbocycles. The number of rotatable bonds is 7. The third-order valence-electron chi connectivity index (χ3n) is 7.22. The molecule has 9 heteroatoms. The molecule has 0 saturated heterocycles. The lowest BCUT2D eigenvalue weighted by Crippen LogP contribution is -2.31. The third kappa shape index (κ3) is 5.05. The predicted molar refractivity (Wildman–Crippen MR) is 150 cm³/mol. The van der Waals surface area contributed by atoms with Gasteiger partial charge in [-0.2, -0.15) is 0 Å². The van der Waals surface area contributed by atoms with Crippen molar-refractivity contribution in [2.24, 2.45) is 0 Å². The maximum Gasteiger partial charge on any atom is 0.343 e. The number of ether oxygens (including phenoxy) is 2. The lowest BCUT2D eigenvalue weighted by molar-refractivity contribution is -0.122. The maximum atomic E-state index is 12.6. The van der Waals surface area contributed by atoms with Gasteiger partial charge in [0.05, 0.1) is 16.9 Å². The molecule has 0 aromatic heterocycles. The second kappa shape index (κ2) is 10.7. The lowest BCUT2D eigenvalue weighted by atomic mass is 10.2. The summed E-state index contributed by atoms with van der Waals surface area (Å²) in [4.78, 5) is 64.3. The van der Waals surface area contributed by atoms with Crippen molar-refractivity contribution in [3.8, 4) is 11.5 Å². The average molecular weight is 551 g/mol. The molecule has 0 fully saturated rings.